The first-order valence-electron chi connectivity index (χ1n) is 16.4. The number of carbonyl (C=O) groups excluding carboxylic acids is 4. The molecule has 0 heterocycles. The molecule has 1 aliphatic rings. The Bertz CT molecular complexity index is 2120. The summed E-state index contributed by atoms with van der Waals surface area (Å²) in [4.78, 5) is 64.6. The molecule has 0 saturated carbocycles. The number of hydrogen-bond donors (Lipinski definition) is 2. The van der Waals surface area contributed by atoms with Crippen molar-refractivity contribution in [3.05, 3.63) is 101 Å². The third kappa shape index (κ3) is 6.99. The van der Waals surface area contributed by atoms with Crippen LogP contribution < -0.4 is 14.2 Å². The van der Waals surface area contributed by atoms with E-state index < -0.39 is 35.5 Å². The number of carboxylic acid groups (broad SMARTS) is 1. The van der Waals surface area contributed by atoms with Crippen molar-refractivity contribution in [2.24, 2.45) is 5.92 Å². The maximum absolute atomic E-state index is 13.8. The minimum Gasteiger partial charge on any atom is -0.506 e. The maximum atomic E-state index is 13.8. The molecule has 0 amide bonds. The molecule has 0 spiro atoms. The highest BCUT2D eigenvalue weighted by atomic mass is 79.9. The molecular weight excluding hydrogens is 736 g/mol. The fourth-order valence-electron chi connectivity index (χ4n) is 6.58. The Morgan fingerprint density at radius 2 is 1.29 bits per heavy atom. The van der Waals surface area contributed by atoms with Crippen molar-refractivity contribution >= 4 is 45.6 Å². The van der Waals surface area contributed by atoms with Gasteiger partial charge in [0, 0.05) is 6.08 Å². The molecule has 0 bridgehead atoms. The van der Waals surface area contributed by atoms with E-state index in [1.807, 2.05) is 0 Å². The van der Waals surface area contributed by atoms with Crippen LogP contribution in [0.4, 0.5) is 0 Å². The van der Waals surface area contributed by atoms with Crippen LogP contribution in [0.5, 0.6) is 23.0 Å². The van der Waals surface area contributed by atoms with Crippen LogP contribution in [0, 0.1) is 61.3 Å². The number of allylic oxidation sites excluding steroid dienone is 2. The molecule has 52 heavy (non-hydrogen) atoms. The van der Waals surface area contributed by atoms with E-state index in [1.165, 1.54) is 25.3 Å². The van der Waals surface area contributed by atoms with Crippen molar-refractivity contribution < 1.29 is 53.1 Å². The van der Waals surface area contributed by atoms with E-state index in [9.17, 15) is 34.2 Å². The van der Waals surface area contributed by atoms with Crippen LogP contribution in [-0.4, -0.2) is 47.0 Å². The lowest BCUT2D eigenvalue weighted by molar-refractivity contribution is -0.137. The maximum Gasteiger partial charge on any atom is 0.347 e. The SMILES string of the molecule is CCc1c(C)c(C(=O)Oc2cc(C)c(C(=O)Oc3c(C)c(C)c(C(=O)O)c(C)c3C)c(C)c2C)c(O)c(Br)c1OC(=O)C1C(C)=CC(=O)C=C1OC. The number of benzene rings is 3. The fraction of sp³-hybridized carbons (Fsp3) is 0.325. The molecule has 1 unspecified atom stereocenters. The monoisotopic (exact) mass is 776 g/mol. The quantitative estimate of drug-likeness (QED) is 0.160. The molecule has 0 radical (unpaired) electrons. The normalized spacial score (nSPS) is 14.0. The van der Waals surface area contributed by atoms with Gasteiger partial charge in [0.1, 0.15) is 39.0 Å². The number of methoxy groups -OCH3 is 1. The van der Waals surface area contributed by atoms with Gasteiger partial charge in [-0.25, -0.2) is 14.4 Å². The van der Waals surface area contributed by atoms with E-state index in [2.05, 4.69) is 15.9 Å². The summed E-state index contributed by atoms with van der Waals surface area (Å²) in [6, 6.07) is 1.53. The van der Waals surface area contributed by atoms with E-state index in [4.69, 9.17) is 18.9 Å². The van der Waals surface area contributed by atoms with Crippen molar-refractivity contribution in [1.82, 2.24) is 0 Å². The summed E-state index contributed by atoms with van der Waals surface area (Å²) in [6.45, 7) is 16.8. The van der Waals surface area contributed by atoms with Crippen LogP contribution in [0.1, 0.15) is 95.0 Å². The molecule has 0 aliphatic heterocycles. The van der Waals surface area contributed by atoms with Crippen molar-refractivity contribution in [3.8, 4) is 23.0 Å². The number of carbonyl (C=O) groups is 5. The average molecular weight is 778 g/mol. The van der Waals surface area contributed by atoms with E-state index in [1.54, 1.807) is 69.2 Å². The summed E-state index contributed by atoms with van der Waals surface area (Å²) in [6.07, 6.45) is 2.84. The van der Waals surface area contributed by atoms with E-state index in [0.29, 0.717) is 62.1 Å². The highest BCUT2D eigenvalue weighted by molar-refractivity contribution is 9.10. The Kier molecular flexibility index (Phi) is 11.5. The number of ketones is 1. The number of rotatable bonds is 9. The van der Waals surface area contributed by atoms with Gasteiger partial charge in [-0.3, -0.25) is 9.59 Å². The van der Waals surface area contributed by atoms with Gasteiger partial charge >= 0.3 is 23.9 Å². The molecule has 11 nitrogen and oxygen atoms in total. The lowest BCUT2D eigenvalue weighted by Gasteiger charge is -2.24. The zero-order valence-electron chi connectivity index (χ0n) is 31.0. The fourth-order valence-corrected chi connectivity index (χ4v) is 7.10. The van der Waals surface area contributed by atoms with Crippen LogP contribution in [-0.2, 0) is 20.7 Å². The van der Waals surface area contributed by atoms with Crippen LogP contribution in [0.3, 0.4) is 0 Å². The number of aromatic hydroxyl groups is 1. The van der Waals surface area contributed by atoms with E-state index in [-0.39, 0.29) is 50.0 Å². The Morgan fingerprint density at radius 1 is 0.731 bits per heavy atom. The van der Waals surface area contributed by atoms with Gasteiger partial charge in [-0.1, -0.05) is 6.92 Å². The largest absolute Gasteiger partial charge is 0.506 e. The van der Waals surface area contributed by atoms with Gasteiger partial charge < -0.3 is 29.2 Å². The second-order valence-electron chi connectivity index (χ2n) is 12.8. The lowest BCUT2D eigenvalue weighted by atomic mass is 9.92. The number of phenolic OH excluding ortho intramolecular Hbond substituents is 1. The van der Waals surface area contributed by atoms with Crippen LogP contribution in [0.15, 0.2) is 34.0 Å². The van der Waals surface area contributed by atoms with Crippen molar-refractivity contribution in [2.75, 3.05) is 7.11 Å². The molecule has 3 aromatic rings. The zero-order valence-corrected chi connectivity index (χ0v) is 32.5. The van der Waals surface area contributed by atoms with E-state index in [0.717, 1.165) is 0 Å². The van der Waals surface area contributed by atoms with Crippen LogP contribution in [0.25, 0.3) is 0 Å². The molecule has 274 valence electrons. The average Bonchev–Trinajstić information content (AvgIpc) is 3.06. The third-order valence-corrected chi connectivity index (χ3v) is 10.5. The first-order chi connectivity index (χ1) is 24.3. The zero-order chi connectivity index (χ0) is 39.1. The Hall–Kier alpha value is -5.23. The Morgan fingerprint density at radius 3 is 1.83 bits per heavy atom. The topological polar surface area (TPSA) is 163 Å². The summed E-state index contributed by atoms with van der Waals surface area (Å²) in [7, 11) is 1.35. The van der Waals surface area contributed by atoms with Crippen molar-refractivity contribution in [1.29, 1.82) is 0 Å². The number of carboxylic acids is 1. The number of hydrogen-bond acceptors (Lipinski definition) is 10. The summed E-state index contributed by atoms with van der Waals surface area (Å²) in [5.74, 6) is -4.59. The number of aromatic carboxylic acids is 1. The second-order valence-corrected chi connectivity index (χ2v) is 13.6. The minimum atomic E-state index is -1.06. The molecule has 1 aliphatic carbocycles. The first-order valence-corrected chi connectivity index (χ1v) is 17.2. The van der Waals surface area contributed by atoms with Crippen LogP contribution in [0.2, 0.25) is 0 Å². The molecule has 0 fully saturated rings. The molecule has 2 N–H and O–H groups in total. The number of ether oxygens (including phenoxy) is 4. The number of esters is 3. The standard InChI is InChI=1S/C40H41BrO11/c1-12-26-24(10)32(34(43)33(41)36(26)52-39(47)30-16(2)13-25(42)15-28(30)49-11)40(48)50-27-14-17(3)29(19(5)18(27)4)38(46)51-35-22(8)20(6)31(37(44)45)21(7)23(35)9/h13-15,30,43H,12H2,1-11H3,(H,44,45). The summed E-state index contributed by atoms with van der Waals surface area (Å²) in [5, 5.41) is 21.0. The molecule has 0 aromatic heterocycles. The van der Waals surface area contributed by atoms with Gasteiger partial charge in [0.05, 0.1) is 18.2 Å². The third-order valence-electron chi connectivity index (χ3n) is 9.79. The first kappa shape index (κ1) is 39.6. The molecule has 4 rings (SSSR count). The Labute approximate surface area is 310 Å². The predicted octanol–water partition coefficient (Wildman–Crippen LogP) is 7.90. The van der Waals surface area contributed by atoms with Crippen molar-refractivity contribution in [3.63, 3.8) is 0 Å². The van der Waals surface area contributed by atoms with Gasteiger partial charge in [-0.15, -0.1) is 0 Å². The summed E-state index contributed by atoms with van der Waals surface area (Å²) >= 11 is 3.31. The van der Waals surface area contributed by atoms with Gasteiger partial charge in [-0.05, 0) is 152 Å². The Balaban J connectivity index is 1.67. The lowest BCUT2D eigenvalue weighted by Crippen LogP contribution is -2.28. The van der Waals surface area contributed by atoms with E-state index >= 15 is 0 Å². The highest BCUT2D eigenvalue weighted by Gasteiger charge is 2.35. The van der Waals surface area contributed by atoms with Crippen molar-refractivity contribution in [2.45, 2.75) is 75.7 Å². The number of aryl methyl sites for hydroxylation is 1. The summed E-state index contributed by atoms with van der Waals surface area (Å²) in [5.41, 5.74) is 4.97. The highest BCUT2D eigenvalue weighted by Crippen LogP contribution is 2.44. The number of phenols is 1. The molecule has 12 heteroatoms. The van der Waals surface area contributed by atoms with Gasteiger partial charge in [0.15, 0.2) is 11.5 Å². The molecule has 1 atom stereocenters. The molecule has 0 saturated heterocycles. The van der Waals surface area contributed by atoms with Gasteiger partial charge in [0.2, 0.25) is 0 Å². The van der Waals surface area contributed by atoms with Crippen LogP contribution >= 0.6 is 15.9 Å². The summed E-state index contributed by atoms with van der Waals surface area (Å²) < 4.78 is 22.8. The number of halogens is 1. The van der Waals surface area contributed by atoms with Gasteiger partial charge in [-0.2, -0.15) is 0 Å². The smallest absolute Gasteiger partial charge is 0.347 e. The molecule has 3 aromatic carbocycles. The van der Waals surface area contributed by atoms with Gasteiger partial charge in [0.25, 0.3) is 0 Å². The predicted molar refractivity (Wildman–Crippen MR) is 196 cm³/mol. The second kappa shape index (κ2) is 15.2. The minimum absolute atomic E-state index is 0.0124. The molecular formula is C40H41BrO11.